The van der Waals surface area contributed by atoms with Crippen molar-refractivity contribution in [3.8, 4) is 11.3 Å². The maximum atomic E-state index is 12.5. The molecule has 0 aliphatic carbocycles. The monoisotopic (exact) mass is 366 g/mol. The number of rotatable bonds is 4. The topological polar surface area (TPSA) is 45.5 Å². The number of halogens is 1. The molecule has 1 amide bonds. The molecule has 0 unspecified atom stereocenters. The molecule has 4 rings (SSSR count). The number of carbonyl (C=O) groups is 1. The molecule has 3 aromatic rings. The molecule has 132 valence electrons. The third kappa shape index (κ3) is 3.60. The molecular weight excluding hydrogens is 348 g/mol. The molecule has 1 fully saturated rings. The van der Waals surface area contributed by atoms with Gasteiger partial charge in [0.1, 0.15) is 5.76 Å². The number of anilines is 2. The molecule has 1 saturated heterocycles. The van der Waals surface area contributed by atoms with Crippen molar-refractivity contribution in [2.24, 2.45) is 0 Å². The lowest BCUT2D eigenvalue weighted by molar-refractivity contribution is 0.0997. The number of hydrogen-bond acceptors (Lipinski definition) is 3. The molecule has 1 aliphatic rings. The van der Waals surface area contributed by atoms with Crippen LogP contribution in [0.25, 0.3) is 11.3 Å². The highest BCUT2D eigenvalue weighted by Gasteiger charge is 2.15. The van der Waals surface area contributed by atoms with E-state index >= 15 is 0 Å². The van der Waals surface area contributed by atoms with Crippen molar-refractivity contribution in [3.63, 3.8) is 0 Å². The predicted octanol–water partition coefficient (Wildman–Crippen LogP) is 5.45. The van der Waals surface area contributed by atoms with Crippen LogP contribution in [0.2, 0.25) is 5.02 Å². The molecule has 2 heterocycles. The van der Waals surface area contributed by atoms with Crippen LogP contribution < -0.4 is 10.2 Å². The van der Waals surface area contributed by atoms with Gasteiger partial charge in [-0.25, -0.2) is 0 Å². The highest BCUT2D eigenvalue weighted by Crippen LogP contribution is 2.26. The molecule has 1 N–H and O–H groups in total. The minimum Gasteiger partial charge on any atom is -0.451 e. The zero-order chi connectivity index (χ0) is 17.9. The fraction of sp³-hybridized carbons (Fsp3) is 0.190. The van der Waals surface area contributed by atoms with Gasteiger partial charge in [0.25, 0.3) is 5.91 Å². The summed E-state index contributed by atoms with van der Waals surface area (Å²) in [4.78, 5) is 14.8. The van der Waals surface area contributed by atoms with Crippen molar-refractivity contribution in [2.45, 2.75) is 12.8 Å². The van der Waals surface area contributed by atoms with Crippen LogP contribution in [-0.2, 0) is 0 Å². The second-order valence-electron chi connectivity index (χ2n) is 6.37. The number of hydrogen-bond donors (Lipinski definition) is 1. The SMILES string of the molecule is O=C(Nc1cccc(N2CCCC2)c1)c1ccc(-c2ccc(Cl)cc2)o1. The molecule has 5 heteroatoms. The van der Waals surface area contributed by atoms with Crippen LogP contribution >= 0.6 is 11.6 Å². The number of amides is 1. The Hall–Kier alpha value is -2.72. The molecule has 0 spiro atoms. The largest absolute Gasteiger partial charge is 0.451 e. The Morgan fingerprint density at radius 3 is 2.54 bits per heavy atom. The number of benzene rings is 2. The summed E-state index contributed by atoms with van der Waals surface area (Å²) in [5.74, 6) is 0.656. The van der Waals surface area contributed by atoms with Gasteiger partial charge < -0.3 is 14.6 Å². The Balaban J connectivity index is 1.48. The summed E-state index contributed by atoms with van der Waals surface area (Å²) < 4.78 is 5.71. The van der Waals surface area contributed by atoms with Crippen LogP contribution in [0.1, 0.15) is 23.4 Å². The van der Waals surface area contributed by atoms with Gasteiger partial charge >= 0.3 is 0 Å². The molecule has 0 atom stereocenters. The van der Waals surface area contributed by atoms with Gasteiger partial charge in [-0.2, -0.15) is 0 Å². The van der Waals surface area contributed by atoms with Gasteiger partial charge in [0, 0.05) is 35.1 Å². The van der Waals surface area contributed by atoms with E-state index in [2.05, 4.69) is 16.3 Å². The Morgan fingerprint density at radius 1 is 1.00 bits per heavy atom. The van der Waals surface area contributed by atoms with Gasteiger partial charge in [-0.3, -0.25) is 4.79 Å². The quantitative estimate of drug-likeness (QED) is 0.667. The molecule has 2 aromatic carbocycles. The van der Waals surface area contributed by atoms with E-state index in [1.165, 1.54) is 12.8 Å². The van der Waals surface area contributed by atoms with Crippen LogP contribution in [-0.4, -0.2) is 19.0 Å². The van der Waals surface area contributed by atoms with E-state index in [0.717, 1.165) is 30.0 Å². The normalized spacial score (nSPS) is 13.8. The standard InChI is InChI=1S/C21H19ClN2O2/c22-16-8-6-15(7-9-16)19-10-11-20(26-19)21(25)23-17-4-3-5-18(14-17)24-12-1-2-13-24/h3-11,14H,1-2,12-13H2,(H,23,25). The van der Waals surface area contributed by atoms with E-state index in [9.17, 15) is 4.79 Å². The molecule has 0 radical (unpaired) electrons. The van der Waals surface area contributed by atoms with Crippen molar-refractivity contribution >= 4 is 28.9 Å². The summed E-state index contributed by atoms with van der Waals surface area (Å²) in [6, 6.07) is 18.7. The van der Waals surface area contributed by atoms with Gasteiger partial charge in [-0.1, -0.05) is 17.7 Å². The average Bonchev–Trinajstić information content (AvgIpc) is 3.35. The highest BCUT2D eigenvalue weighted by molar-refractivity contribution is 6.30. The van der Waals surface area contributed by atoms with Crippen molar-refractivity contribution in [3.05, 3.63) is 71.4 Å². The first-order chi connectivity index (χ1) is 12.7. The molecule has 1 aliphatic heterocycles. The fourth-order valence-electron chi connectivity index (χ4n) is 3.18. The van der Waals surface area contributed by atoms with Crippen LogP contribution in [0.5, 0.6) is 0 Å². The zero-order valence-electron chi connectivity index (χ0n) is 14.2. The summed E-state index contributed by atoms with van der Waals surface area (Å²) >= 11 is 5.91. The van der Waals surface area contributed by atoms with Crippen molar-refractivity contribution in [1.29, 1.82) is 0 Å². The van der Waals surface area contributed by atoms with Crippen LogP contribution in [0.15, 0.2) is 65.1 Å². The third-order valence-electron chi connectivity index (χ3n) is 4.53. The van der Waals surface area contributed by atoms with Crippen LogP contribution in [0, 0.1) is 0 Å². The number of carbonyl (C=O) groups excluding carboxylic acids is 1. The van der Waals surface area contributed by atoms with Crippen LogP contribution in [0.4, 0.5) is 11.4 Å². The summed E-state index contributed by atoms with van der Waals surface area (Å²) in [7, 11) is 0. The molecule has 1 aromatic heterocycles. The Labute approximate surface area is 157 Å². The molecule has 0 bridgehead atoms. The Morgan fingerprint density at radius 2 is 1.77 bits per heavy atom. The van der Waals surface area contributed by atoms with Gasteiger partial charge in [0.05, 0.1) is 0 Å². The zero-order valence-corrected chi connectivity index (χ0v) is 15.0. The smallest absolute Gasteiger partial charge is 0.291 e. The lowest BCUT2D eigenvalue weighted by atomic mass is 10.2. The van der Waals surface area contributed by atoms with E-state index < -0.39 is 0 Å². The maximum absolute atomic E-state index is 12.5. The second-order valence-corrected chi connectivity index (χ2v) is 6.81. The number of nitrogens with zero attached hydrogens (tertiary/aromatic N) is 1. The summed E-state index contributed by atoms with van der Waals surface area (Å²) in [5.41, 5.74) is 2.79. The van der Waals surface area contributed by atoms with E-state index in [1.54, 1.807) is 24.3 Å². The molecule has 4 nitrogen and oxygen atoms in total. The van der Waals surface area contributed by atoms with Gasteiger partial charge in [0.2, 0.25) is 0 Å². The minimum atomic E-state index is -0.260. The molecule has 26 heavy (non-hydrogen) atoms. The van der Waals surface area contributed by atoms with Crippen molar-refractivity contribution in [2.75, 3.05) is 23.3 Å². The van der Waals surface area contributed by atoms with Gasteiger partial charge in [0.15, 0.2) is 5.76 Å². The van der Waals surface area contributed by atoms with Gasteiger partial charge in [-0.15, -0.1) is 0 Å². The van der Waals surface area contributed by atoms with E-state index in [-0.39, 0.29) is 11.7 Å². The van der Waals surface area contributed by atoms with Crippen molar-refractivity contribution in [1.82, 2.24) is 0 Å². The van der Waals surface area contributed by atoms with E-state index in [1.807, 2.05) is 30.3 Å². The van der Waals surface area contributed by atoms with Crippen LogP contribution in [0.3, 0.4) is 0 Å². The molecule has 0 saturated carbocycles. The summed E-state index contributed by atoms with van der Waals surface area (Å²) in [5, 5.41) is 3.58. The minimum absolute atomic E-state index is 0.260. The predicted molar refractivity (Wildman–Crippen MR) is 105 cm³/mol. The van der Waals surface area contributed by atoms with Crippen molar-refractivity contribution < 1.29 is 9.21 Å². The second kappa shape index (κ2) is 7.26. The van der Waals surface area contributed by atoms with E-state index in [4.69, 9.17) is 16.0 Å². The summed E-state index contributed by atoms with van der Waals surface area (Å²) in [6.45, 7) is 2.14. The molecular formula is C21H19ClN2O2. The Bertz CT molecular complexity index is 912. The van der Waals surface area contributed by atoms with E-state index in [0.29, 0.717) is 10.8 Å². The number of nitrogens with one attached hydrogen (secondary N) is 1. The average molecular weight is 367 g/mol. The Kier molecular flexibility index (Phi) is 4.67. The fourth-order valence-corrected chi connectivity index (χ4v) is 3.30. The highest BCUT2D eigenvalue weighted by atomic mass is 35.5. The lowest BCUT2D eigenvalue weighted by Gasteiger charge is -2.18. The van der Waals surface area contributed by atoms with Gasteiger partial charge in [-0.05, 0) is 67.4 Å². The lowest BCUT2D eigenvalue weighted by Crippen LogP contribution is -2.18. The first-order valence-corrected chi connectivity index (χ1v) is 9.09. The maximum Gasteiger partial charge on any atom is 0.291 e. The first-order valence-electron chi connectivity index (χ1n) is 8.71. The summed E-state index contributed by atoms with van der Waals surface area (Å²) in [6.07, 6.45) is 2.44. The third-order valence-corrected chi connectivity index (χ3v) is 4.79. The first kappa shape index (κ1) is 16.7. The number of furan rings is 1.